The van der Waals surface area contributed by atoms with Gasteiger partial charge < -0.3 is 9.84 Å². The van der Waals surface area contributed by atoms with E-state index in [0.29, 0.717) is 13.0 Å². The van der Waals surface area contributed by atoms with Crippen LogP contribution in [0.15, 0.2) is 42.0 Å². The Balaban J connectivity index is 2.61. The van der Waals surface area contributed by atoms with Crippen molar-refractivity contribution >= 4 is 5.91 Å². The van der Waals surface area contributed by atoms with E-state index < -0.39 is 12.0 Å². The van der Waals surface area contributed by atoms with Gasteiger partial charge in [-0.1, -0.05) is 42.0 Å². The third-order valence-electron chi connectivity index (χ3n) is 3.55. The Labute approximate surface area is 138 Å². The van der Waals surface area contributed by atoms with Crippen LogP contribution in [0.25, 0.3) is 0 Å². The van der Waals surface area contributed by atoms with Crippen LogP contribution in [0.1, 0.15) is 25.8 Å². The Morgan fingerprint density at radius 3 is 2.52 bits per heavy atom. The maximum absolute atomic E-state index is 12.3. The summed E-state index contributed by atoms with van der Waals surface area (Å²) in [6.45, 7) is 4.42. The molecule has 5 heteroatoms. The zero-order valence-electron chi connectivity index (χ0n) is 14.4. The number of hydroxylamine groups is 2. The lowest BCUT2D eigenvalue weighted by Crippen LogP contribution is -2.40. The number of nitrogens with zero attached hydrogens (tertiary/aromatic N) is 1. The first-order valence-electron chi connectivity index (χ1n) is 7.70. The van der Waals surface area contributed by atoms with Gasteiger partial charge in [0.1, 0.15) is 0 Å². The summed E-state index contributed by atoms with van der Waals surface area (Å²) in [6, 6.07) is 9.72. The summed E-state index contributed by atoms with van der Waals surface area (Å²) < 4.78 is 5.55. The molecule has 1 N–H and O–H groups in total. The van der Waals surface area contributed by atoms with Crippen molar-refractivity contribution in [2.24, 2.45) is 5.92 Å². The number of carbonyl (C=O) groups excluding carboxylic acids is 1. The van der Waals surface area contributed by atoms with E-state index in [1.807, 2.05) is 50.3 Å². The summed E-state index contributed by atoms with van der Waals surface area (Å²) in [5.74, 6) is -0.855. The molecule has 0 radical (unpaired) electrons. The molecule has 1 aromatic rings. The fraction of sp³-hybridized carbons (Fsp3) is 0.500. The van der Waals surface area contributed by atoms with Crippen LogP contribution in [-0.2, 0) is 21.0 Å². The van der Waals surface area contributed by atoms with E-state index in [2.05, 4.69) is 0 Å². The molecule has 1 rings (SSSR count). The van der Waals surface area contributed by atoms with Gasteiger partial charge in [0.2, 0.25) is 0 Å². The molecule has 0 aliphatic heterocycles. The van der Waals surface area contributed by atoms with E-state index in [1.54, 1.807) is 0 Å². The lowest BCUT2D eigenvalue weighted by molar-refractivity contribution is -0.178. The Morgan fingerprint density at radius 2 is 1.96 bits per heavy atom. The Kier molecular flexibility index (Phi) is 8.55. The van der Waals surface area contributed by atoms with Crippen molar-refractivity contribution < 1.29 is 19.5 Å². The maximum Gasteiger partial charge on any atom is 0.251 e. The molecule has 0 bridgehead atoms. The summed E-state index contributed by atoms with van der Waals surface area (Å²) in [5.41, 5.74) is 2.13. The molecule has 128 valence electrons. The standard InChI is InChI=1S/C18H27NO4/c1-14(2)10-11-16(18(21)19(3)22-4)17(20)13-23-12-15-8-6-5-7-9-15/h5-10,16-17,20H,11-13H2,1-4H3/t16-,17-/m0/s1. The first-order valence-corrected chi connectivity index (χ1v) is 7.70. The molecule has 0 saturated carbocycles. The van der Waals surface area contributed by atoms with Crippen LogP contribution < -0.4 is 0 Å². The van der Waals surface area contributed by atoms with Crippen molar-refractivity contribution in [3.63, 3.8) is 0 Å². The predicted molar refractivity (Wildman–Crippen MR) is 89.4 cm³/mol. The number of ether oxygens (including phenoxy) is 1. The van der Waals surface area contributed by atoms with Crippen LogP contribution in [-0.4, -0.2) is 42.9 Å². The highest BCUT2D eigenvalue weighted by atomic mass is 16.7. The minimum Gasteiger partial charge on any atom is -0.390 e. The van der Waals surface area contributed by atoms with Gasteiger partial charge in [-0.2, -0.15) is 0 Å². The Hall–Kier alpha value is -1.69. The normalized spacial score (nSPS) is 13.3. The molecular weight excluding hydrogens is 294 g/mol. The molecule has 0 fully saturated rings. The van der Waals surface area contributed by atoms with Crippen molar-refractivity contribution in [3.8, 4) is 0 Å². The molecule has 0 unspecified atom stereocenters. The number of allylic oxidation sites excluding steroid dienone is 2. The molecule has 0 spiro atoms. The average Bonchev–Trinajstić information content (AvgIpc) is 2.54. The smallest absolute Gasteiger partial charge is 0.251 e. The number of amides is 1. The van der Waals surface area contributed by atoms with Crippen molar-refractivity contribution in [1.82, 2.24) is 5.06 Å². The molecule has 0 saturated heterocycles. The minimum atomic E-state index is -0.889. The lowest BCUT2D eigenvalue weighted by Gasteiger charge is -2.25. The number of carbonyl (C=O) groups is 1. The number of hydrogen-bond acceptors (Lipinski definition) is 4. The quantitative estimate of drug-likeness (QED) is 0.561. The van der Waals surface area contributed by atoms with Crippen LogP contribution in [0.5, 0.6) is 0 Å². The summed E-state index contributed by atoms with van der Waals surface area (Å²) in [6.07, 6.45) is 1.50. The summed E-state index contributed by atoms with van der Waals surface area (Å²) in [5, 5.41) is 11.5. The molecule has 0 aliphatic rings. The highest BCUT2D eigenvalue weighted by molar-refractivity contribution is 5.78. The van der Waals surface area contributed by atoms with Crippen LogP contribution >= 0.6 is 0 Å². The highest BCUT2D eigenvalue weighted by Gasteiger charge is 2.29. The van der Waals surface area contributed by atoms with E-state index in [4.69, 9.17) is 9.57 Å². The van der Waals surface area contributed by atoms with Crippen molar-refractivity contribution in [1.29, 1.82) is 0 Å². The van der Waals surface area contributed by atoms with Gasteiger partial charge in [-0.15, -0.1) is 0 Å². The molecule has 5 nitrogen and oxygen atoms in total. The number of hydrogen-bond donors (Lipinski definition) is 1. The second-order valence-corrected chi connectivity index (χ2v) is 5.71. The van der Waals surface area contributed by atoms with Crippen molar-refractivity contribution in [2.45, 2.75) is 33.0 Å². The van der Waals surface area contributed by atoms with E-state index in [0.717, 1.165) is 16.2 Å². The van der Waals surface area contributed by atoms with Gasteiger partial charge in [0, 0.05) is 7.05 Å². The van der Waals surface area contributed by atoms with Gasteiger partial charge >= 0.3 is 0 Å². The second kappa shape index (κ2) is 10.2. The topological polar surface area (TPSA) is 59.0 Å². The molecule has 1 amide bonds. The van der Waals surface area contributed by atoms with Crippen LogP contribution in [0.4, 0.5) is 0 Å². The number of aliphatic hydroxyl groups is 1. The summed E-state index contributed by atoms with van der Waals surface area (Å²) in [7, 11) is 2.96. The molecule has 1 aromatic carbocycles. The molecule has 0 heterocycles. The summed E-state index contributed by atoms with van der Waals surface area (Å²) in [4.78, 5) is 17.3. The van der Waals surface area contributed by atoms with Gasteiger partial charge in [-0.25, -0.2) is 5.06 Å². The summed E-state index contributed by atoms with van der Waals surface area (Å²) >= 11 is 0. The van der Waals surface area contributed by atoms with E-state index >= 15 is 0 Å². The third kappa shape index (κ3) is 6.95. The zero-order valence-corrected chi connectivity index (χ0v) is 14.4. The van der Waals surface area contributed by atoms with Crippen LogP contribution in [0, 0.1) is 5.92 Å². The van der Waals surface area contributed by atoms with Gasteiger partial charge in [-0.3, -0.25) is 9.63 Å². The van der Waals surface area contributed by atoms with Crippen LogP contribution in [0.3, 0.4) is 0 Å². The maximum atomic E-state index is 12.3. The Bertz CT molecular complexity index is 497. The van der Waals surface area contributed by atoms with Crippen molar-refractivity contribution in [2.75, 3.05) is 20.8 Å². The van der Waals surface area contributed by atoms with Crippen molar-refractivity contribution in [3.05, 3.63) is 47.5 Å². The molecular formula is C18H27NO4. The highest BCUT2D eigenvalue weighted by Crippen LogP contribution is 2.16. The fourth-order valence-corrected chi connectivity index (χ4v) is 2.10. The SMILES string of the molecule is CON(C)C(=O)[C@@H](CC=C(C)C)[C@@H](O)COCc1ccccc1. The van der Waals surface area contributed by atoms with Gasteiger partial charge in [0.15, 0.2) is 0 Å². The predicted octanol–water partition coefficient (Wildman–Crippen LogP) is 2.56. The number of aliphatic hydroxyl groups excluding tert-OH is 1. The van der Waals surface area contributed by atoms with E-state index in [9.17, 15) is 9.90 Å². The van der Waals surface area contributed by atoms with Gasteiger partial charge in [0.05, 0.1) is 32.3 Å². The van der Waals surface area contributed by atoms with Crippen LogP contribution in [0.2, 0.25) is 0 Å². The first kappa shape index (κ1) is 19.4. The molecule has 0 aliphatic carbocycles. The second-order valence-electron chi connectivity index (χ2n) is 5.71. The molecule has 23 heavy (non-hydrogen) atoms. The lowest BCUT2D eigenvalue weighted by atomic mass is 9.96. The minimum absolute atomic E-state index is 0.0967. The van der Waals surface area contributed by atoms with Gasteiger partial charge in [-0.05, 0) is 25.8 Å². The fourth-order valence-electron chi connectivity index (χ4n) is 2.10. The number of benzene rings is 1. The average molecular weight is 321 g/mol. The van der Waals surface area contributed by atoms with E-state index in [-0.39, 0.29) is 12.5 Å². The monoisotopic (exact) mass is 321 g/mol. The Morgan fingerprint density at radius 1 is 1.30 bits per heavy atom. The first-order chi connectivity index (χ1) is 11.0. The molecule has 2 atom stereocenters. The van der Waals surface area contributed by atoms with E-state index in [1.165, 1.54) is 14.2 Å². The third-order valence-corrected chi connectivity index (χ3v) is 3.55. The zero-order chi connectivity index (χ0) is 17.2. The number of rotatable bonds is 9. The van der Waals surface area contributed by atoms with Gasteiger partial charge in [0.25, 0.3) is 5.91 Å². The molecule has 0 aromatic heterocycles. The largest absolute Gasteiger partial charge is 0.390 e.